The summed E-state index contributed by atoms with van der Waals surface area (Å²) < 4.78 is 0. The maximum Gasteiger partial charge on any atom is 0.327 e. The lowest BCUT2D eigenvalue weighted by Crippen LogP contribution is -2.46. The van der Waals surface area contributed by atoms with E-state index in [1.807, 2.05) is 54.6 Å². The standard InChI is InChI=1S/C27H18N2O4/c30-25-21-13-12-18(11-10-17-6-2-1-3-7-17)14-22(21)26(31)29(25)24(27(32)33)15-19-16-28-23-9-5-4-8-20(19)23/h1-9,12-14,16,24,28H,15H2,(H,32,33)/t24-/m1/s1. The van der Waals surface area contributed by atoms with E-state index in [-0.39, 0.29) is 17.5 Å². The zero-order valence-electron chi connectivity index (χ0n) is 17.4. The number of imide groups is 1. The van der Waals surface area contributed by atoms with Gasteiger partial charge in [0.2, 0.25) is 0 Å². The number of nitrogens with zero attached hydrogens (tertiary/aromatic N) is 1. The molecule has 0 fully saturated rings. The molecule has 1 aliphatic rings. The number of carboxylic acid groups (broad SMARTS) is 1. The van der Waals surface area contributed by atoms with Crippen LogP contribution in [0.2, 0.25) is 0 Å². The van der Waals surface area contributed by atoms with Crippen LogP contribution in [0.15, 0.2) is 79.0 Å². The molecule has 4 aromatic rings. The van der Waals surface area contributed by atoms with E-state index in [0.717, 1.165) is 26.9 Å². The Morgan fingerprint density at radius 2 is 1.58 bits per heavy atom. The summed E-state index contributed by atoms with van der Waals surface area (Å²) in [6.07, 6.45) is 1.72. The molecule has 1 aromatic heterocycles. The van der Waals surface area contributed by atoms with Gasteiger partial charge in [0.05, 0.1) is 11.1 Å². The topological polar surface area (TPSA) is 90.5 Å². The third kappa shape index (κ3) is 3.66. The molecule has 6 nitrogen and oxygen atoms in total. The summed E-state index contributed by atoms with van der Waals surface area (Å²) in [5.74, 6) is 3.55. The lowest BCUT2D eigenvalue weighted by atomic mass is 10.0. The predicted molar refractivity (Wildman–Crippen MR) is 123 cm³/mol. The first-order valence-corrected chi connectivity index (χ1v) is 10.4. The summed E-state index contributed by atoms with van der Waals surface area (Å²) in [6.45, 7) is 0. The molecule has 0 saturated carbocycles. The number of hydrogen-bond donors (Lipinski definition) is 2. The van der Waals surface area contributed by atoms with E-state index >= 15 is 0 Å². The van der Waals surface area contributed by atoms with Crippen LogP contribution in [0.4, 0.5) is 0 Å². The minimum Gasteiger partial charge on any atom is -0.480 e. The van der Waals surface area contributed by atoms with Crippen LogP contribution in [0.5, 0.6) is 0 Å². The molecule has 1 aliphatic heterocycles. The fourth-order valence-corrected chi connectivity index (χ4v) is 4.08. The minimum absolute atomic E-state index is 0.00544. The summed E-state index contributed by atoms with van der Waals surface area (Å²) in [7, 11) is 0. The Labute approximate surface area is 189 Å². The minimum atomic E-state index is -1.32. The second-order valence-electron chi connectivity index (χ2n) is 7.77. The molecule has 6 heteroatoms. The molecule has 2 heterocycles. The smallest absolute Gasteiger partial charge is 0.327 e. The summed E-state index contributed by atoms with van der Waals surface area (Å²) in [4.78, 5) is 42.3. The lowest BCUT2D eigenvalue weighted by Gasteiger charge is -2.22. The van der Waals surface area contributed by atoms with Gasteiger partial charge < -0.3 is 10.1 Å². The quantitative estimate of drug-likeness (QED) is 0.377. The van der Waals surface area contributed by atoms with Crippen LogP contribution in [0.1, 0.15) is 37.4 Å². The van der Waals surface area contributed by atoms with Gasteiger partial charge >= 0.3 is 5.97 Å². The molecular weight excluding hydrogens is 416 g/mol. The summed E-state index contributed by atoms with van der Waals surface area (Å²) in [5.41, 5.74) is 3.35. The van der Waals surface area contributed by atoms with Gasteiger partial charge in [-0.05, 0) is 42.0 Å². The molecule has 160 valence electrons. The van der Waals surface area contributed by atoms with Gasteiger partial charge in [0.1, 0.15) is 6.04 Å². The second kappa shape index (κ2) is 8.13. The van der Waals surface area contributed by atoms with Crippen molar-refractivity contribution in [1.29, 1.82) is 0 Å². The van der Waals surface area contributed by atoms with E-state index in [1.54, 1.807) is 18.3 Å². The molecule has 2 N–H and O–H groups in total. The molecule has 0 spiro atoms. The van der Waals surface area contributed by atoms with Crippen LogP contribution in [0.3, 0.4) is 0 Å². The first-order valence-electron chi connectivity index (χ1n) is 10.4. The number of aliphatic carboxylic acids is 1. The highest BCUT2D eigenvalue weighted by Crippen LogP contribution is 2.28. The van der Waals surface area contributed by atoms with Crippen LogP contribution >= 0.6 is 0 Å². The Morgan fingerprint density at radius 3 is 2.36 bits per heavy atom. The Hall–Kier alpha value is -4.63. The SMILES string of the molecule is O=C(O)[C@@H](Cc1c[nH]c2ccccc12)N1C(=O)c2ccc(C#Cc3ccccc3)cc2C1=O. The molecular formula is C27H18N2O4. The first kappa shape index (κ1) is 20.3. The van der Waals surface area contributed by atoms with Gasteiger partial charge in [-0.1, -0.05) is 48.2 Å². The van der Waals surface area contributed by atoms with Crippen LogP contribution in [-0.2, 0) is 11.2 Å². The van der Waals surface area contributed by atoms with Crippen molar-refractivity contribution in [3.05, 3.63) is 107 Å². The number of amides is 2. The number of aromatic nitrogens is 1. The highest BCUT2D eigenvalue weighted by atomic mass is 16.4. The third-order valence-electron chi connectivity index (χ3n) is 5.73. The normalized spacial score (nSPS) is 13.5. The maximum absolute atomic E-state index is 13.2. The van der Waals surface area contributed by atoms with Crippen molar-refractivity contribution in [2.24, 2.45) is 0 Å². The predicted octanol–water partition coefficient (Wildman–Crippen LogP) is 3.86. The number of carbonyl (C=O) groups excluding carboxylic acids is 2. The van der Waals surface area contributed by atoms with Crippen LogP contribution in [-0.4, -0.2) is 38.8 Å². The zero-order chi connectivity index (χ0) is 22.9. The number of fused-ring (bicyclic) bond motifs is 2. The Kier molecular flexibility index (Phi) is 5.00. The number of para-hydroxylation sites is 1. The van der Waals surface area contributed by atoms with Crippen LogP contribution < -0.4 is 0 Å². The average molecular weight is 434 g/mol. The largest absolute Gasteiger partial charge is 0.480 e. The number of carbonyl (C=O) groups is 3. The number of H-pyrrole nitrogens is 1. The molecule has 2 amide bonds. The molecule has 3 aromatic carbocycles. The Morgan fingerprint density at radius 1 is 0.879 bits per heavy atom. The number of hydrogen-bond acceptors (Lipinski definition) is 3. The number of aromatic amines is 1. The molecule has 0 bridgehead atoms. The maximum atomic E-state index is 13.2. The number of benzene rings is 3. The van der Waals surface area contributed by atoms with Crippen molar-refractivity contribution in [3.8, 4) is 11.8 Å². The molecule has 33 heavy (non-hydrogen) atoms. The van der Waals surface area contributed by atoms with Crippen molar-refractivity contribution in [3.63, 3.8) is 0 Å². The van der Waals surface area contributed by atoms with Crippen molar-refractivity contribution >= 4 is 28.7 Å². The fraction of sp³-hybridized carbons (Fsp3) is 0.0741. The van der Waals surface area contributed by atoms with Crippen molar-refractivity contribution in [2.45, 2.75) is 12.5 Å². The van der Waals surface area contributed by atoms with Gasteiger partial charge in [-0.2, -0.15) is 0 Å². The summed E-state index contributed by atoms with van der Waals surface area (Å²) in [6, 6.07) is 20.3. The van der Waals surface area contributed by atoms with Crippen molar-refractivity contribution in [1.82, 2.24) is 9.88 Å². The molecule has 0 unspecified atom stereocenters. The van der Waals surface area contributed by atoms with E-state index in [1.165, 1.54) is 6.07 Å². The zero-order valence-corrected chi connectivity index (χ0v) is 17.4. The van der Waals surface area contributed by atoms with Gasteiger partial charge in [0.15, 0.2) is 0 Å². The second-order valence-corrected chi connectivity index (χ2v) is 7.77. The summed E-state index contributed by atoms with van der Waals surface area (Å²) >= 11 is 0. The number of rotatable bonds is 4. The van der Waals surface area contributed by atoms with E-state index in [2.05, 4.69) is 16.8 Å². The van der Waals surface area contributed by atoms with Gasteiger partial charge in [-0.25, -0.2) is 4.79 Å². The highest BCUT2D eigenvalue weighted by molar-refractivity contribution is 6.22. The van der Waals surface area contributed by atoms with E-state index in [4.69, 9.17) is 0 Å². The highest BCUT2D eigenvalue weighted by Gasteiger charge is 2.43. The molecule has 1 atom stereocenters. The molecule has 0 radical (unpaired) electrons. The van der Waals surface area contributed by atoms with Crippen LogP contribution in [0, 0.1) is 11.8 Å². The number of nitrogens with one attached hydrogen (secondary N) is 1. The van der Waals surface area contributed by atoms with Crippen molar-refractivity contribution < 1.29 is 19.5 Å². The molecule has 0 saturated heterocycles. The van der Waals surface area contributed by atoms with E-state index < -0.39 is 23.8 Å². The third-order valence-corrected chi connectivity index (χ3v) is 5.73. The lowest BCUT2D eigenvalue weighted by molar-refractivity contribution is -0.141. The fourth-order valence-electron chi connectivity index (χ4n) is 4.08. The van der Waals surface area contributed by atoms with Crippen molar-refractivity contribution in [2.75, 3.05) is 0 Å². The van der Waals surface area contributed by atoms with Gasteiger partial charge in [0.25, 0.3) is 11.8 Å². The van der Waals surface area contributed by atoms with Gasteiger partial charge in [0, 0.05) is 34.6 Å². The summed E-state index contributed by atoms with van der Waals surface area (Å²) in [5, 5.41) is 10.8. The average Bonchev–Trinajstić information content (AvgIpc) is 3.35. The monoisotopic (exact) mass is 434 g/mol. The van der Waals surface area contributed by atoms with E-state index in [9.17, 15) is 19.5 Å². The van der Waals surface area contributed by atoms with Gasteiger partial charge in [-0.15, -0.1) is 0 Å². The Bertz CT molecular complexity index is 1470. The molecule has 0 aliphatic carbocycles. The Balaban J connectivity index is 1.46. The van der Waals surface area contributed by atoms with E-state index in [0.29, 0.717) is 5.56 Å². The number of carboxylic acids is 1. The molecule has 5 rings (SSSR count). The van der Waals surface area contributed by atoms with Crippen LogP contribution in [0.25, 0.3) is 10.9 Å². The first-order chi connectivity index (χ1) is 16.0. The van der Waals surface area contributed by atoms with Gasteiger partial charge in [-0.3, -0.25) is 14.5 Å².